The summed E-state index contributed by atoms with van der Waals surface area (Å²) in [7, 11) is 1.60. The average Bonchev–Trinajstić information content (AvgIpc) is 2.38. The highest BCUT2D eigenvalue weighted by Crippen LogP contribution is 2.21. The Balaban J connectivity index is 2.14. The van der Waals surface area contributed by atoms with Crippen LogP contribution in [0.4, 0.5) is 0 Å². The summed E-state index contributed by atoms with van der Waals surface area (Å²) in [6.07, 6.45) is 0.473. The van der Waals surface area contributed by atoms with Crippen molar-refractivity contribution < 1.29 is 9.53 Å². The van der Waals surface area contributed by atoms with Crippen molar-refractivity contribution in [2.75, 3.05) is 26.7 Å². The SMILES string of the molecule is CCCN(C(=O)C(OC)c1ccccc1)C1CNC1. The van der Waals surface area contributed by atoms with Gasteiger partial charge in [-0.1, -0.05) is 37.3 Å². The molecule has 1 aromatic carbocycles. The van der Waals surface area contributed by atoms with Crippen molar-refractivity contribution in [2.45, 2.75) is 25.5 Å². The van der Waals surface area contributed by atoms with Gasteiger partial charge >= 0.3 is 0 Å². The van der Waals surface area contributed by atoms with Gasteiger partial charge in [-0.15, -0.1) is 0 Å². The minimum Gasteiger partial charge on any atom is -0.367 e. The van der Waals surface area contributed by atoms with Gasteiger partial charge in [0.15, 0.2) is 6.10 Å². The molecule has 1 atom stereocenters. The number of nitrogens with zero attached hydrogens (tertiary/aromatic N) is 1. The molecule has 0 radical (unpaired) electrons. The van der Waals surface area contributed by atoms with E-state index >= 15 is 0 Å². The van der Waals surface area contributed by atoms with Crippen molar-refractivity contribution in [1.29, 1.82) is 0 Å². The lowest BCUT2D eigenvalue weighted by molar-refractivity contribution is -0.146. The molecule has 1 saturated heterocycles. The third-order valence-corrected chi connectivity index (χ3v) is 3.51. The predicted molar refractivity (Wildman–Crippen MR) is 74.9 cm³/mol. The van der Waals surface area contributed by atoms with Crippen LogP contribution in [0.3, 0.4) is 0 Å². The Morgan fingerprint density at radius 1 is 1.42 bits per heavy atom. The molecule has 4 nitrogen and oxygen atoms in total. The van der Waals surface area contributed by atoms with E-state index in [1.54, 1.807) is 7.11 Å². The van der Waals surface area contributed by atoms with E-state index in [4.69, 9.17) is 4.74 Å². The van der Waals surface area contributed by atoms with Crippen LogP contribution in [0.5, 0.6) is 0 Å². The summed E-state index contributed by atoms with van der Waals surface area (Å²) in [4.78, 5) is 14.6. The van der Waals surface area contributed by atoms with Gasteiger partial charge in [-0.05, 0) is 12.0 Å². The number of carbonyl (C=O) groups excluding carboxylic acids is 1. The number of carbonyl (C=O) groups is 1. The van der Waals surface area contributed by atoms with Gasteiger partial charge < -0.3 is 15.0 Å². The zero-order chi connectivity index (χ0) is 13.7. The van der Waals surface area contributed by atoms with Gasteiger partial charge in [0.1, 0.15) is 0 Å². The second kappa shape index (κ2) is 6.68. The van der Waals surface area contributed by atoms with Crippen LogP contribution >= 0.6 is 0 Å². The molecular weight excluding hydrogens is 240 g/mol. The summed E-state index contributed by atoms with van der Waals surface area (Å²) in [5, 5.41) is 3.22. The molecule has 1 aromatic rings. The lowest BCUT2D eigenvalue weighted by atomic mass is 10.0. The van der Waals surface area contributed by atoms with Crippen molar-refractivity contribution >= 4 is 5.91 Å². The summed E-state index contributed by atoms with van der Waals surface area (Å²) in [6, 6.07) is 10.0. The average molecular weight is 262 g/mol. The first-order valence-electron chi connectivity index (χ1n) is 6.86. The molecule has 1 aliphatic rings. The molecule has 1 fully saturated rings. The van der Waals surface area contributed by atoms with E-state index in [0.29, 0.717) is 6.04 Å². The Bertz CT molecular complexity index is 404. The van der Waals surface area contributed by atoms with Crippen molar-refractivity contribution in [3.63, 3.8) is 0 Å². The Labute approximate surface area is 114 Å². The first-order chi connectivity index (χ1) is 9.27. The standard InChI is InChI=1S/C15H22N2O2/c1-3-9-17(13-10-16-11-13)15(18)14(19-2)12-7-5-4-6-8-12/h4-8,13-14,16H,3,9-11H2,1-2H3. The summed E-state index contributed by atoms with van der Waals surface area (Å²) in [5.74, 6) is 0.0713. The number of methoxy groups -OCH3 is 1. The predicted octanol–water partition coefficient (Wildman–Crippen LogP) is 1.58. The molecule has 0 spiro atoms. The summed E-state index contributed by atoms with van der Waals surface area (Å²) in [5.41, 5.74) is 0.920. The number of rotatable bonds is 6. The first-order valence-corrected chi connectivity index (χ1v) is 6.86. The van der Waals surface area contributed by atoms with Gasteiger partial charge in [0.05, 0.1) is 6.04 Å². The normalized spacial score (nSPS) is 16.7. The fourth-order valence-corrected chi connectivity index (χ4v) is 2.37. The monoisotopic (exact) mass is 262 g/mol. The lowest BCUT2D eigenvalue weighted by Crippen LogP contribution is -2.59. The van der Waals surface area contributed by atoms with Crippen LogP contribution < -0.4 is 5.32 Å². The zero-order valence-corrected chi connectivity index (χ0v) is 11.6. The van der Waals surface area contributed by atoms with Crippen LogP contribution in [0.1, 0.15) is 25.0 Å². The Morgan fingerprint density at radius 3 is 2.58 bits per heavy atom. The van der Waals surface area contributed by atoms with Crippen molar-refractivity contribution in [2.24, 2.45) is 0 Å². The maximum absolute atomic E-state index is 12.7. The maximum atomic E-state index is 12.7. The molecule has 1 heterocycles. The molecule has 1 N–H and O–H groups in total. The van der Waals surface area contributed by atoms with Crippen LogP contribution in [0.2, 0.25) is 0 Å². The summed E-state index contributed by atoms with van der Waals surface area (Å²) >= 11 is 0. The van der Waals surface area contributed by atoms with Gasteiger partial charge in [-0.3, -0.25) is 4.79 Å². The highest BCUT2D eigenvalue weighted by molar-refractivity contribution is 5.82. The zero-order valence-electron chi connectivity index (χ0n) is 11.6. The van der Waals surface area contributed by atoms with Gasteiger partial charge in [-0.2, -0.15) is 0 Å². The smallest absolute Gasteiger partial charge is 0.256 e. The van der Waals surface area contributed by atoms with Gasteiger partial charge in [-0.25, -0.2) is 0 Å². The second-order valence-corrected chi connectivity index (χ2v) is 4.87. The summed E-state index contributed by atoms with van der Waals surface area (Å²) in [6.45, 7) is 4.66. The number of ether oxygens (including phenoxy) is 1. The Kier molecular flexibility index (Phi) is 4.93. The highest BCUT2D eigenvalue weighted by Gasteiger charge is 2.32. The minimum absolute atomic E-state index is 0.0713. The number of amides is 1. The van der Waals surface area contributed by atoms with E-state index < -0.39 is 6.10 Å². The molecule has 0 aromatic heterocycles. The molecule has 104 valence electrons. The molecule has 19 heavy (non-hydrogen) atoms. The number of hydrogen-bond acceptors (Lipinski definition) is 3. The second-order valence-electron chi connectivity index (χ2n) is 4.87. The number of hydrogen-bond donors (Lipinski definition) is 1. The van der Waals surface area contributed by atoms with Crippen molar-refractivity contribution in [3.8, 4) is 0 Å². The van der Waals surface area contributed by atoms with Crippen molar-refractivity contribution in [3.05, 3.63) is 35.9 Å². The van der Waals surface area contributed by atoms with Crippen LogP contribution in [0.25, 0.3) is 0 Å². The van der Waals surface area contributed by atoms with Gasteiger partial charge in [0.25, 0.3) is 5.91 Å². The molecule has 0 bridgehead atoms. The van der Waals surface area contributed by atoms with Crippen LogP contribution in [0, 0.1) is 0 Å². The van der Waals surface area contributed by atoms with Gasteiger partial charge in [0, 0.05) is 26.7 Å². The van der Waals surface area contributed by atoms with E-state index in [-0.39, 0.29) is 5.91 Å². The maximum Gasteiger partial charge on any atom is 0.256 e. The summed E-state index contributed by atoms with van der Waals surface area (Å²) < 4.78 is 5.43. The molecule has 1 amide bonds. The molecule has 0 saturated carbocycles. The largest absolute Gasteiger partial charge is 0.367 e. The lowest BCUT2D eigenvalue weighted by Gasteiger charge is -2.39. The van der Waals surface area contributed by atoms with E-state index in [0.717, 1.165) is 31.6 Å². The molecule has 1 unspecified atom stereocenters. The van der Waals surface area contributed by atoms with Crippen LogP contribution in [-0.4, -0.2) is 43.6 Å². The van der Waals surface area contributed by atoms with Crippen molar-refractivity contribution in [1.82, 2.24) is 10.2 Å². The number of benzene rings is 1. The van der Waals surface area contributed by atoms with E-state index in [1.807, 2.05) is 35.2 Å². The minimum atomic E-state index is -0.492. The molecular formula is C15H22N2O2. The molecule has 4 heteroatoms. The van der Waals surface area contributed by atoms with E-state index in [1.165, 1.54) is 0 Å². The molecule has 2 rings (SSSR count). The van der Waals surface area contributed by atoms with Crippen LogP contribution in [-0.2, 0) is 9.53 Å². The number of nitrogens with one attached hydrogen (secondary N) is 1. The first kappa shape index (κ1) is 14.0. The Hall–Kier alpha value is -1.39. The molecule has 0 aliphatic carbocycles. The fraction of sp³-hybridized carbons (Fsp3) is 0.533. The third-order valence-electron chi connectivity index (χ3n) is 3.51. The quantitative estimate of drug-likeness (QED) is 0.846. The molecule has 1 aliphatic heterocycles. The fourth-order valence-electron chi connectivity index (χ4n) is 2.37. The van der Waals surface area contributed by atoms with E-state index in [9.17, 15) is 4.79 Å². The topological polar surface area (TPSA) is 41.6 Å². The highest BCUT2D eigenvalue weighted by atomic mass is 16.5. The van der Waals surface area contributed by atoms with Gasteiger partial charge in [0.2, 0.25) is 0 Å². The van der Waals surface area contributed by atoms with Crippen LogP contribution in [0.15, 0.2) is 30.3 Å². The Morgan fingerprint density at radius 2 is 2.11 bits per heavy atom. The van der Waals surface area contributed by atoms with E-state index in [2.05, 4.69) is 12.2 Å². The third kappa shape index (κ3) is 3.14.